The Balaban J connectivity index is 1.59. The molecule has 0 radical (unpaired) electrons. The second kappa shape index (κ2) is 8.64. The van der Waals surface area contributed by atoms with Crippen molar-refractivity contribution in [2.24, 2.45) is 0 Å². The van der Waals surface area contributed by atoms with Gasteiger partial charge in [0.25, 0.3) is 11.1 Å². The second-order valence-corrected chi connectivity index (χ2v) is 8.39. The number of aryl methyl sites for hydroxylation is 1. The molecule has 162 valence electrons. The monoisotopic (exact) mass is 470 g/mol. The number of amides is 2. The Morgan fingerprint density at radius 2 is 2.00 bits per heavy atom. The van der Waals surface area contributed by atoms with Crippen LogP contribution in [0.4, 0.5) is 9.18 Å². The minimum atomic E-state index is -1.30. The first-order valence-corrected chi connectivity index (χ1v) is 10.5. The maximum atomic E-state index is 14.1. The number of rotatable bonds is 5. The molecule has 0 aliphatic carbocycles. The molecule has 2 amide bonds. The zero-order valence-electron chi connectivity index (χ0n) is 16.6. The van der Waals surface area contributed by atoms with E-state index in [0.717, 1.165) is 10.5 Å². The Morgan fingerprint density at radius 3 is 2.72 bits per heavy atom. The molecule has 0 spiro atoms. The van der Waals surface area contributed by atoms with Gasteiger partial charge < -0.3 is 14.3 Å². The number of carbonyl (C=O) groups excluding carboxylic acids is 3. The van der Waals surface area contributed by atoms with Crippen molar-refractivity contribution in [2.45, 2.75) is 13.5 Å². The summed E-state index contributed by atoms with van der Waals surface area (Å²) in [7, 11) is 0. The van der Waals surface area contributed by atoms with Gasteiger partial charge in [0.1, 0.15) is 17.3 Å². The molecule has 0 N–H and O–H groups in total. The zero-order valence-corrected chi connectivity index (χ0v) is 18.1. The molecule has 1 aromatic heterocycles. The lowest BCUT2D eigenvalue weighted by atomic mass is 10.0. The summed E-state index contributed by atoms with van der Waals surface area (Å²) in [4.78, 5) is 37.3. The number of aromatic carboxylic acids is 1. The Kier molecular flexibility index (Phi) is 5.90. The van der Waals surface area contributed by atoms with Crippen LogP contribution in [-0.2, 0) is 11.3 Å². The van der Waals surface area contributed by atoms with Gasteiger partial charge in [-0.1, -0.05) is 29.8 Å². The Labute approximate surface area is 191 Å². The average Bonchev–Trinajstić information content (AvgIpc) is 3.30. The number of benzene rings is 2. The number of hydrogen-bond acceptors (Lipinski definition) is 6. The smallest absolute Gasteiger partial charge is 0.293 e. The quantitative estimate of drug-likeness (QED) is 0.504. The third kappa shape index (κ3) is 4.19. The van der Waals surface area contributed by atoms with E-state index in [0.29, 0.717) is 28.8 Å². The minimum Gasteiger partial charge on any atom is -0.545 e. The highest BCUT2D eigenvalue weighted by Gasteiger charge is 2.36. The molecule has 1 fully saturated rings. The molecule has 2 heterocycles. The lowest BCUT2D eigenvalue weighted by molar-refractivity contribution is -0.255. The lowest BCUT2D eigenvalue weighted by Crippen LogP contribution is -2.28. The molecule has 1 aliphatic rings. The first-order chi connectivity index (χ1) is 15.2. The standard InChI is InChI=1S/C23H15ClFNO5S/c1-12-5-6-13(22(28)29)9-15(12)19-8-7-14(31-19)10-20-21(27)26(23(30)32-20)11-16-17(24)3-2-4-18(16)25/h2-10H,11H2,1H3,(H,28,29)/p-1/b20-10+. The summed E-state index contributed by atoms with van der Waals surface area (Å²) in [6, 6.07) is 11.9. The Hall–Kier alpha value is -3.36. The number of carboxylic acids is 1. The van der Waals surface area contributed by atoms with E-state index in [1.165, 1.54) is 36.4 Å². The van der Waals surface area contributed by atoms with Crippen molar-refractivity contribution in [1.82, 2.24) is 4.90 Å². The second-order valence-electron chi connectivity index (χ2n) is 6.99. The topological polar surface area (TPSA) is 90.6 Å². The third-order valence-electron chi connectivity index (χ3n) is 4.89. The van der Waals surface area contributed by atoms with Crippen LogP contribution in [0.25, 0.3) is 17.4 Å². The van der Waals surface area contributed by atoms with Crippen LogP contribution < -0.4 is 5.11 Å². The molecule has 1 aliphatic heterocycles. The van der Waals surface area contributed by atoms with E-state index in [1.54, 1.807) is 25.1 Å². The summed E-state index contributed by atoms with van der Waals surface area (Å²) in [5, 5.41) is 10.7. The van der Waals surface area contributed by atoms with Crippen molar-refractivity contribution >= 4 is 46.6 Å². The molecule has 9 heteroatoms. The lowest BCUT2D eigenvalue weighted by Gasteiger charge is -2.14. The van der Waals surface area contributed by atoms with Gasteiger partial charge in [-0.3, -0.25) is 14.5 Å². The SMILES string of the molecule is Cc1ccc(C(=O)[O-])cc1-c1ccc(/C=C2/SC(=O)N(Cc3c(F)cccc3Cl)C2=O)o1. The fourth-order valence-corrected chi connectivity index (χ4v) is 4.24. The van der Waals surface area contributed by atoms with Gasteiger partial charge >= 0.3 is 0 Å². The summed E-state index contributed by atoms with van der Waals surface area (Å²) >= 11 is 6.72. The van der Waals surface area contributed by atoms with Crippen LogP contribution in [0.1, 0.15) is 27.2 Å². The van der Waals surface area contributed by atoms with Crippen LogP contribution in [0, 0.1) is 12.7 Å². The summed E-state index contributed by atoms with van der Waals surface area (Å²) in [5.74, 6) is -1.80. The van der Waals surface area contributed by atoms with Crippen LogP contribution in [0.2, 0.25) is 5.02 Å². The molecule has 6 nitrogen and oxygen atoms in total. The molecule has 0 unspecified atom stereocenters. The summed E-state index contributed by atoms with van der Waals surface area (Å²) in [6.45, 7) is 1.52. The van der Waals surface area contributed by atoms with Gasteiger partial charge in [-0.15, -0.1) is 0 Å². The van der Waals surface area contributed by atoms with Crippen molar-refractivity contribution in [1.29, 1.82) is 0 Å². The number of carboxylic acid groups (broad SMARTS) is 1. The number of imide groups is 1. The van der Waals surface area contributed by atoms with Crippen molar-refractivity contribution in [3.05, 3.63) is 86.7 Å². The van der Waals surface area contributed by atoms with Gasteiger partial charge in [-0.25, -0.2) is 4.39 Å². The van der Waals surface area contributed by atoms with E-state index in [-0.39, 0.29) is 27.6 Å². The maximum Gasteiger partial charge on any atom is 0.293 e. The number of nitrogens with zero attached hydrogens (tertiary/aromatic N) is 1. The normalized spacial score (nSPS) is 15.1. The molecule has 0 saturated carbocycles. The third-order valence-corrected chi connectivity index (χ3v) is 6.15. The largest absolute Gasteiger partial charge is 0.545 e. The van der Waals surface area contributed by atoms with Crippen molar-refractivity contribution in [3.8, 4) is 11.3 Å². The van der Waals surface area contributed by atoms with Gasteiger partial charge in [0.15, 0.2) is 0 Å². The van der Waals surface area contributed by atoms with Gasteiger partial charge in [-0.05, 0) is 60.1 Å². The maximum absolute atomic E-state index is 14.1. The Morgan fingerprint density at radius 1 is 1.22 bits per heavy atom. The first kappa shape index (κ1) is 21.9. The van der Waals surface area contributed by atoms with Crippen LogP contribution in [0.15, 0.2) is 57.9 Å². The predicted molar refractivity (Wildman–Crippen MR) is 116 cm³/mol. The van der Waals surface area contributed by atoms with Gasteiger partial charge in [0.05, 0.1) is 17.4 Å². The van der Waals surface area contributed by atoms with Gasteiger partial charge in [0, 0.05) is 22.2 Å². The number of thioether (sulfide) groups is 1. The molecule has 1 saturated heterocycles. The summed E-state index contributed by atoms with van der Waals surface area (Å²) < 4.78 is 19.8. The van der Waals surface area contributed by atoms with E-state index in [2.05, 4.69) is 0 Å². The average molecular weight is 471 g/mol. The predicted octanol–water partition coefficient (Wildman–Crippen LogP) is 4.65. The summed E-state index contributed by atoms with van der Waals surface area (Å²) in [5.41, 5.74) is 1.42. The van der Waals surface area contributed by atoms with E-state index >= 15 is 0 Å². The zero-order chi connectivity index (χ0) is 23.0. The van der Waals surface area contributed by atoms with Gasteiger partial charge in [-0.2, -0.15) is 0 Å². The van der Waals surface area contributed by atoms with E-state index in [1.807, 2.05) is 0 Å². The highest BCUT2D eigenvalue weighted by atomic mass is 35.5. The minimum absolute atomic E-state index is 0.0106. The fourth-order valence-electron chi connectivity index (χ4n) is 3.20. The number of hydrogen-bond donors (Lipinski definition) is 0. The number of furan rings is 1. The first-order valence-electron chi connectivity index (χ1n) is 9.35. The summed E-state index contributed by atoms with van der Waals surface area (Å²) in [6.07, 6.45) is 1.41. The molecule has 4 rings (SSSR count). The van der Waals surface area contributed by atoms with Crippen molar-refractivity contribution in [3.63, 3.8) is 0 Å². The molecular weight excluding hydrogens is 457 g/mol. The highest BCUT2D eigenvalue weighted by molar-refractivity contribution is 8.18. The van der Waals surface area contributed by atoms with Crippen LogP contribution in [-0.4, -0.2) is 22.0 Å². The molecule has 0 atom stereocenters. The highest BCUT2D eigenvalue weighted by Crippen LogP contribution is 2.35. The van der Waals surface area contributed by atoms with Gasteiger partial charge in [0.2, 0.25) is 0 Å². The van der Waals surface area contributed by atoms with Crippen molar-refractivity contribution in [2.75, 3.05) is 0 Å². The van der Waals surface area contributed by atoms with E-state index < -0.39 is 22.9 Å². The fraction of sp³-hybridized carbons (Fsp3) is 0.0870. The molecular formula is C23H14ClFNO5S-. The molecule has 32 heavy (non-hydrogen) atoms. The van der Waals surface area contributed by atoms with Crippen LogP contribution in [0.5, 0.6) is 0 Å². The number of halogens is 2. The molecule has 2 aromatic carbocycles. The van der Waals surface area contributed by atoms with Crippen LogP contribution in [0.3, 0.4) is 0 Å². The van der Waals surface area contributed by atoms with E-state index in [4.69, 9.17) is 16.0 Å². The molecule has 3 aromatic rings. The van der Waals surface area contributed by atoms with E-state index in [9.17, 15) is 23.9 Å². The number of carbonyl (C=O) groups is 3. The van der Waals surface area contributed by atoms with Crippen molar-refractivity contribution < 1.29 is 28.3 Å². The molecule has 0 bridgehead atoms. The Bertz CT molecular complexity index is 1280. The van der Waals surface area contributed by atoms with Crippen LogP contribution >= 0.6 is 23.4 Å².